The highest BCUT2D eigenvalue weighted by molar-refractivity contribution is 5.71. The molecule has 0 rings (SSSR count). The standard InChI is InChI=1S/C70H122O6/c1-4-7-10-13-16-19-22-24-26-27-28-29-30-31-32-33-34-35-36-37-38-39-40-41-42-43-45-46-48-51-54-57-60-63-69(72)75-66-67(65-74-68(71)62-59-56-53-50-21-18-15-12-9-6-3)76-70(73)64-61-58-55-52-49-47-44-25-23-20-17-14-11-8-5-2/h8,11-12,15,17,20,22,24-25,27-28,44,49,52,67H,4-7,9-10,13-14,16,18-19,21,23,26,29-43,45-48,50-51,53-66H2,1-3H3/b11-8-,15-12-,20-17-,24-22-,28-27-,44-25-,52-49-. The zero-order valence-corrected chi connectivity index (χ0v) is 50.3. The number of esters is 3. The molecule has 0 spiro atoms. The van der Waals surface area contributed by atoms with Gasteiger partial charge in [-0.2, -0.15) is 0 Å². The van der Waals surface area contributed by atoms with Gasteiger partial charge in [-0.05, 0) is 109 Å². The number of unbranched alkanes of at least 4 members (excludes halogenated alkanes) is 34. The Labute approximate surface area is 471 Å². The van der Waals surface area contributed by atoms with Crippen molar-refractivity contribution in [1.29, 1.82) is 0 Å². The van der Waals surface area contributed by atoms with E-state index in [-0.39, 0.29) is 37.5 Å². The number of carbonyl (C=O) groups is 3. The van der Waals surface area contributed by atoms with Crippen LogP contribution in [-0.4, -0.2) is 37.2 Å². The number of ether oxygens (including phenoxy) is 3. The molecular formula is C70H122O6. The molecule has 0 aliphatic heterocycles. The average Bonchev–Trinajstić information content (AvgIpc) is 3.42. The highest BCUT2D eigenvalue weighted by atomic mass is 16.6. The number of rotatable bonds is 59. The molecule has 0 fully saturated rings. The molecule has 0 aromatic rings. The zero-order valence-electron chi connectivity index (χ0n) is 50.3. The molecule has 0 aliphatic carbocycles. The maximum atomic E-state index is 12.8. The Bertz CT molecular complexity index is 1450. The van der Waals surface area contributed by atoms with Gasteiger partial charge in [0.2, 0.25) is 0 Å². The van der Waals surface area contributed by atoms with Crippen LogP contribution in [0.2, 0.25) is 0 Å². The van der Waals surface area contributed by atoms with Crippen molar-refractivity contribution in [2.75, 3.05) is 13.2 Å². The van der Waals surface area contributed by atoms with E-state index in [1.807, 2.05) is 0 Å². The van der Waals surface area contributed by atoms with Crippen molar-refractivity contribution in [1.82, 2.24) is 0 Å². The molecule has 0 heterocycles. The summed E-state index contributed by atoms with van der Waals surface area (Å²) in [6.45, 7) is 6.43. The quantitative estimate of drug-likeness (QED) is 0.0261. The first-order valence-corrected chi connectivity index (χ1v) is 32.6. The van der Waals surface area contributed by atoms with E-state index in [2.05, 4.69) is 106 Å². The topological polar surface area (TPSA) is 78.9 Å². The smallest absolute Gasteiger partial charge is 0.306 e. The van der Waals surface area contributed by atoms with Crippen molar-refractivity contribution in [3.8, 4) is 0 Å². The second-order valence-electron chi connectivity index (χ2n) is 21.6. The van der Waals surface area contributed by atoms with Crippen molar-refractivity contribution in [2.45, 2.75) is 329 Å². The fourth-order valence-corrected chi connectivity index (χ4v) is 9.23. The molecule has 438 valence electrons. The highest BCUT2D eigenvalue weighted by Crippen LogP contribution is 2.17. The summed E-state index contributed by atoms with van der Waals surface area (Å²) in [5.74, 6) is -0.938. The fraction of sp³-hybridized carbons (Fsp3) is 0.757. The molecule has 0 aromatic heterocycles. The van der Waals surface area contributed by atoms with Gasteiger partial charge in [0.05, 0.1) is 0 Å². The van der Waals surface area contributed by atoms with Gasteiger partial charge in [0.25, 0.3) is 0 Å². The minimum Gasteiger partial charge on any atom is -0.462 e. The summed E-state index contributed by atoms with van der Waals surface area (Å²) in [4.78, 5) is 38.1. The van der Waals surface area contributed by atoms with Crippen LogP contribution in [0.4, 0.5) is 0 Å². The maximum absolute atomic E-state index is 12.8. The highest BCUT2D eigenvalue weighted by Gasteiger charge is 2.19. The van der Waals surface area contributed by atoms with E-state index in [4.69, 9.17) is 14.2 Å². The summed E-state index contributed by atoms with van der Waals surface area (Å²) >= 11 is 0. The van der Waals surface area contributed by atoms with Crippen LogP contribution >= 0.6 is 0 Å². The molecule has 0 aromatic carbocycles. The Morgan fingerprint density at radius 1 is 0.276 bits per heavy atom. The van der Waals surface area contributed by atoms with Crippen LogP contribution in [0.25, 0.3) is 0 Å². The van der Waals surface area contributed by atoms with Crippen molar-refractivity contribution in [3.05, 3.63) is 85.1 Å². The van der Waals surface area contributed by atoms with Crippen molar-refractivity contribution >= 4 is 17.9 Å². The van der Waals surface area contributed by atoms with Crippen LogP contribution in [0.15, 0.2) is 85.1 Å². The predicted octanol–water partition coefficient (Wildman–Crippen LogP) is 22.3. The molecule has 1 unspecified atom stereocenters. The molecule has 0 saturated carbocycles. The monoisotopic (exact) mass is 1060 g/mol. The maximum Gasteiger partial charge on any atom is 0.306 e. The normalized spacial score (nSPS) is 12.6. The Morgan fingerprint density at radius 3 is 0.895 bits per heavy atom. The van der Waals surface area contributed by atoms with E-state index in [1.54, 1.807) is 0 Å². The molecule has 0 bridgehead atoms. The van der Waals surface area contributed by atoms with Gasteiger partial charge in [-0.1, -0.05) is 279 Å². The minimum absolute atomic E-state index is 0.0935. The average molecular weight is 1060 g/mol. The second kappa shape index (κ2) is 64.1. The van der Waals surface area contributed by atoms with Gasteiger partial charge < -0.3 is 14.2 Å². The Kier molecular flexibility index (Phi) is 61.2. The summed E-state index contributed by atoms with van der Waals surface area (Å²) in [5, 5.41) is 0. The van der Waals surface area contributed by atoms with Crippen molar-refractivity contribution in [3.63, 3.8) is 0 Å². The van der Waals surface area contributed by atoms with Crippen LogP contribution in [0.5, 0.6) is 0 Å². The summed E-state index contributed by atoms with van der Waals surface area (Å²) in [6.07, 6.45) is 84.9. The lowest BCUT2D eigenvalue weighted by molar-refractivity contribution is -0.167. The van der Waals surface area contributed by atoms with E-state index in [9.17, 15) is 14.4 Å². The van der Waals surface area contributed by atoms with Gasteiger partial charge in [-0.3, -0.25) is 14.4 Å². The SMILES string of the molecule is CC/C=C\C/C=C\C/C=C\C/C=C\CCCCC(=O)OC(COC(=O)CCCCCCC/C=C\CCC)COC(=O)CCCCCCCCCCCCCCCCCCCCCCC/C=C\C/C=C\CCCCCCC. The molecule has 0 radical (unpaired) electrons. The molecule has 0 saturated heterocycles. The number of hydrogen-bond donors (Lipinski definition) is 0. The predicted molar refractivity (Wildman–Crippen MR) is 330 cm³/mol. The van der Waals surface area contributed by atoms with Gasteiger partial charge in [0, 0.05) is 19.3 Å². The lowest BCUT2D eigenvalue weighted by Gasteiger charge is -2.18. The lowest BCUT2D eigenvalue weighted by Crippen LogP contribution is -2.30. The van der Waals surface area contributed by atoms with Gasteiger partial charge >= 0.3 is 17.9 Å². The van der Waals surface area contributed by atoms with Crippen LogP contribution in [-0.2, 0) is 28.6 Å². The summed E-state index contributed by atoms with van der Waals surface area (Å²) in [6, 6.07) is 0. The molecule has 0 N–H and O–H groups in total. The van der Waals surface area contributed by atoms with E-state index >= 15 is 0 Å². The Hall–Kier alpha value is -3.41. The van der Waals surface area contributed by atoms with E-state index in [1.165, 1.54) is 173 Å². The van der Waals surface area contributed by atoms with Crippen LogP contribution in [0.1, 0.15) is 323 Å². The number of allylic oxidation sites excluding steroid dienone is 14. The lowest BCUT2D eigenvalue weighted by atomic mass is 10.0. The Morgan fingerprint density at radius 2 is 0.539 bits per heavy atom. The van der Waals surface area contributed by atoms with Gasteiger partial charge in [-0.25, -0.2) is 0 Å². The first-order chi connectivity index (χ1) is 37.5. The summed E-state index contributed by atoms with van der Waals surface area (Å²) < 4.78 is 16.8. The fourth-order valence-electron chi connectivity index (χ4n) is 9.23. The van der Waals surface area contributed by atoms with Gasteiger partial charge in [0.1, 0.15) is 13.2 Å². The van der Waals surface area contributed by atoms with Crippen molar-refractivity contribution in [2.24, 2.45) is 0 Å². The van der Waals surface area contributed by atoms with Crippen LogP contribution < -0.4 is 0 Å². The third-order valence-electron chi connectivity index (χ3n) is 14.1. The summed E-state index contributed by atoms with van der Waals surface area (Å²) in [5.41, 5.74) is 0. The van der Waals surface area contributed by atoms with Crippen LogP contribution in [0, 0.1) is 0 Å². The summed E-state index contributed by atoms with van der Waals surface area (Å²) in [7, 11) is 0. The zero-order chi connectivity index (χ0) is 55.0. The van der Waals surface area contributed by atoms with E-state index in [0.29, 0.717) is 19.3 Å². The Balaban J connectivity index is 4.08. The van der Waals surface area contributed by atoms with Crippen LogP contribution in [0.3, 0.4) is 0 Å². The van der Waals surface area contributed by atoms with E-state index < -0.39 is 6.10 Å². The third kappa shape index (κ3) is 61.4. The first kappa shape index (κ1) is 72.6. The number of hydrogen-bond acceptors (Lipinski definition) is 6. The molecule has 6 heteroatoms. The molecule has 0 amide bonds. The first-order valence-electron chi connectivity index (χ1n) is 32.6. The molecule has 76 heavy (non-hydrogen) atoms. The largest absolute Gasteiger partial charge is 0.462 e. The second-order valence-corrected chi connectivity index (χ2v) is 21.6. The van der Waals surface area contributed by atoms with Gasteiger partial charge in [-0.15, -0.1) is 0 Å². The van der Waals surface area contributed by atoms with Crippen molar-refractivity contribution < 1.29 is 28.6 Å². The van der Waals surface area contributed by atoms with Gasteiger partial charge in [0.15, 0.2) is 6.10 Å². The molecule has 1 atom stereocenters. The molecule has 6 nitrogen and oxygen atoms in total. The minimum atomic E-state index is -0.800. The van der Waals surface area contributed by atoms with E-state index in [0.717, 1.165) is 103 Å². The third-order valence-corrected chi connectivity index (χ3v) is 14.1. The molecular weight excluding hydrogens is 937 g/mol. The molecule has 0 aliphatic rings. The number of carbonyl (C=O) groups excluding carboxylic acids is 3.